The van der Waals surface area contributed by atoms with E-state index < -0.39 is 12.0 Å². The molecule has 3 nitrogen and oxygen atoms in total. The third-order valence-electron chi connectivity index (χ3n) is 3.40. The van der Waals surface area contributed by atoms with Crippen molar-refractivity contribution in [3.8, 4) is 0 Å². The van der Waals surface area contributed by atoms with Crippen LogP contribution in [0.3, 0.4) is 0 Å². The molecule has 0 bridgehead atoms. The lowest BCUT2D eigenvalue weighted by Crippen LogP contribution is -2.50. The van der Waals surface area contributed by atoms with Crippen LogP contribution in [0.4, 0.5) is 0 Å². The SMILES string of the molecule is CCCC1CN(C(C(=O)O)c2ccccc2)C1. The second-order valence-corrected chi connectivity index (χ2v) is 4.76. The number of likely N-dealkylation sites (tertiary alicyclic amines) is 1. The van der Waals surface area contributed by atoms with Crippen molar-refractivity contribution in [1.82, 2.24) is 4.90 Å². The summed E-state index contributed by atoms with van der Waals surface area (Å²) in [6.45, 7) is 4.01. The zero-order valence-corrected chi connectivity index (χ0v) is 10.2. The van der Waals surface area contributed by atoms with Crippen molar-refractivity contribution in [2.45, 2.75) is 25.8 Å². The van der Waals surface area contributed by atoms with Crippen LogP contribution in [0.25, 0.3) is 0 Å². The van der Waals surface area contributed by atoms with E-state index in [1.807, 2.05) is 30.3 Å². The second kappa shape index (κ2) is 5.32. The molecule has 0 amide bonds. The highest BCUT2D eigenvalue weighted by atomic mass is 16.4. The first kappa shape index (κ1) is 12.1. The van der Waals surface area contributed by atoms with Crippen molar-refractivity contribution in [2.24, 2.45) is 5.92 Å². The highest BCUT2D eigenvalue weighted by Crippen LogP contribution is 2.30. The van der Waals surface area contributed by atoms with Crippen LogP contribution < -0.4 is 0 Å². The molecule has 1 unspecified atom stereocenters. The first-order valence-electron chi connectivity index (χ1n) is 6.24. The van der Waals surface area contributed by atoms with Gasteiger partial charge in [-0.15, -0.1) is 0 Å². The molecule has 3 heteroatoms. The monoisotopic (exact) mass is 233 g/mol. The number of carboxylic acid groups (broad SMARTS) is 1. The fourth-order valence-electron chi connectivity index (χ4n) is 2.56. The minimum absolute atomic E-state index is 0.468. The highest BCUT2D eigenvalue weighted by molar-refractivity contribution is 5.75. The summed E-state index contributed by atoms with van der Waals surface area (Å²) in [4.78, 5) is 13.4. The average molecular weight is 233 g/mol. The second-order valence-electron chi connectivity index (χ2n) is 4.76. The molecule has 1 atom stereocenters. The van der Waals surface area contributed by atoms with Gasteiger partial charge in [-0.3, -0.25) is 9.69 Å². The van der Waals surface area contributed by atoms with Gasteiger partial charge in [-0.2, -0.15) is 0 Å². The molecule has 0 aliphatic carbocycles. The lowest BCUT2D eigenvalue weighted by atomic mass is 9.91. The van der Waals surface area contributed by atoms with Gasteiger partial charge in [0.05, 0.1) is 0 Å². The number of hydrogen-bond acceptors (Lipinski definition) is 2. The van der Waals surface area contributed by atoms with Crippen LogP contribution in [0.2, 0.25) is 0 Å². The highest BCUT2D eigenvalue weighted by Gasteiger charge is 2.36. The number of carbonyl (C=O) groups is 1. The van der Waals surface area contributed by atoms with Gasteiger partial charge in [0.2, 0.25) is 0 Å². The summed E-state index contributed by atoms with van der Waals surface area (Å²) < 4.78 is 0. The number of aliphatic carboxylic acids is 1. The van der Waals surface area contributed by atoms with Gasteiger partial charge in [-0.05, 0) is 17.9 Å². The smallest absolute Gasteiger partial charge is 0.325 e. The largest absolute Gasteiger partial charge is 0.480 e. The summed E-state index contributed by atoms with van der Waals surface area (Å²) >= 11 is 0. The molecule has 1 aliphatic heterocycles. The Morgan fingerprint density at radius 1 is 1.41 bits per heavy atom. The molecule has 0 spiro atoms. The Labute approximate surface area is 102 Å². The first-order chi connectivity index (χ1) is 8.22. The van der Waals surface area contributed by atoms with Crippen molar-refractivity contribution in [2.75, 3.05) is 13.1 Å². The minimum atomic E-state index is -0.744. The molecule has 0 aromatic heterocycles. The van der Waals surface area contributed by atoms with E-state index >= 15 is 0 Å². The van der Waals surface area contributed by atoms with Crippen LogP contribution in [0.15, 0.2) is 30.3 Å². The molecule has 1 N–H and O–H groups in total. The van der Waals surface area contributed by atoms with E-state index in [0.717, 1.165) is 18.7 Å². The van der Waals surface area contributed by atoms with Crippen molar-refractivity contribution in [1.29, 1.82) is 0 Å². The normalized spacial score (nSPS) is 18.6. The van der Waals surface area contributed by atoms with Crippen LogP contribution in [0, 0.1) is 5.92 Å². The zero-order valence-electron chi connectivity index (χ0n) is 10.2. The molecule has 2 rings (SSSR count). The molecule has 1 aromatic rings. The Kier molecular flexibility index (Phi) is 3.79. The molecule has 1 aliphatic rings. The fraction of sp³-hybridized carbons (Fsp3) is 0.500. The van der Waals surface area contributed by atoms with E-state index in [1.54, 1.807) is 0 Å². The summed E-state index contributed by atoms with van der Waals surface area (Å²) in [6.07, 6.45) is 2.39. The van der Waals surface area contributed by atoms with Gasteiger partial charge in [0.1, 0.15) is 6.04 Å². The predicted octanol–water partition coefficient (Wildman–Crippen LogP) is 2.54. The van der Waals surface area contributed by atoms with Gasteiger partial charge in [0, 0.05) is 13.1 Å². The van der Waals surface area contributed by atoms with Gasteiger partial charge in [-0.25, -0.2) is 0 Å². The lowest BCUT2D eigenvalue weighted by Gasteiger charge is -2.42. The average Bonchev–Trinajstić information content (AvgIpc) is 2.27. The third-order valence-corrected chi connectivity index (χ3v) is 3.40. The van der Waals surface area contributed by atoms with Crippen molar-refractivity contribution in [3.05, 3.63) is 35.9 Å². The van der Waals surface area contributed by atoms with Crippen LogP contribution in [0.5, 0.6) is 0 Å². The van der Waals surface area contributed by atoms with E-state index in [-0.39, 0.29) is 0 Å². The molecule has 17 heavy (non-hydrogen) atoms. The molecule has 1 saturated heterocycles. The van der Waals surface area contributed by atoms with E-state index in [2.05, 4.69) is 11.8 Å². The van der Waals surface area contributed by atoms with Crippen molar-refractivity contribution in [3.63, 3.8) is 0 Å². The van der Waals surface area contributed by atoms with Gasteiger partial charge in [0.25, 0.3) is 0 Å². The first-order valence-corrected chi connectivity index (χ1v) is 6.24. The number of carboxylic acids is 1. The molecule has 1 fully saturated rings. The number of hydrogen-bond donors (Lipinski definition) is 1. The fourth-order valence-corrected chi connectivity index (χ4v) is 2.56. The maximum Gasteiger partial charge on any atom is 0.325 e. The Bertz CT molecular complexity index is 371. The number of benzene rings is 1. The molecule has 1 heterocycles. The van der Waals surface area contributed by atoms with Crippen LogP contribution in [-0.2, 0) is 4.79 Å². The summed E-state index contributed by atoms with van der Waals surface area (Å²) in [7, 11) is 0. The number of nitrogens with zero attached hydrogens (tertiary/aromatic N) is 1. The van der Waals surface area contributed by atoms with Gasteiger partial charge in [-0.1, -0.05) is 43.7 Å². The van der Waals surface area contributed by atoms with Crippen molar-refractivity contribution < 1.29 is 9.90 Å². The van der Waals surface area contributed by atoms with Crippen molar-refractivity contribution >= 4 is 5.97 Å². The molecule has 92 valence electrons. The maximum absolute atomic E-state index is 11.4. The lowest BCUT2D eigenvalue weighted by molar-refractivity contribution is -0.146. The molecule has 0 radical (unpaired) electrons. The van der Waals surface area contributed by atoms with E-state index in [4.69, 9.17) is 0 Å². The van der Waals surface area contributed by atoms with Crippen LogP contribution in [-0.4, -0.2) is 29.1 Å². The Balaban J connectivity index is 2.03. The van der Waals surface area contributed by atoms with Crippen LogP contribution >= 0.6 is 0 Å². The summed E-state index contributed by atoms with van der Waals surface area (Å²) in [5.41, 5.74) is 0.884. The summed E-state index contributed by atoms with van der Waals surface area (Å²) in [5, 5.41) is 9.34. The molecule has 0 saturated carbocycles. The van der Waals surface area contributed by atoms with Gasteiger partial charge in [0.15, 0.2) is 0 Å². The topological polar surface area (TPSA) is 40.5 Å². The third kappa shape index (κ3) is 2.67. The van der Waals surface area contributed by atoms with E-state index in [0.29, 0.717) is 5.92 Å². The maximum atomic E-state index is 11.4. The quantitative estimate of drug-likeness (QED) is 0.849. The van der Waals surface area contributed by atoms with Gasteiger partial charge < -0.3 is 5.11 Å². The molecule has 1 aromatic carbocycles. The van der Waals surface area contributed by atoms with Crippen LogP contribution in [0.1, 0.15) is 31.4 Å². The molecular weight excluding hydrogens is 214 g/mol. The van der Waals surface area contributed by atoms with Gasteiger partial charge >= 0.3 is 5.97 Å². The zero-order chi connectivity index (χ0) is 12.3. The number of rotatable bonds is 5. The van der Waals surface area contributed by atoms with E-state index in [9.17, 15) is 9.90 Å². The Hall–Kier alpha value is -1.35. The Morgan fingerprint density at radius 2 is 2.06 bits per heavy atom. The minimum Gasteiger partial charge on any atom is -0.480 e. The summed E-state index contributed by atoms with van der Waals surface area (Å²) in [6, 6.07) is 9.03. The van der Waals surface area contributed by atoms with E-state index in [1.165, 1.54) is 12.8 Å². The standard InChI is InChI=1S/C14H19NO2/c1-2-6-11-9-15(10-11)13(14(16)17)12-7-4-3-5-8-12/h3-5,7-8,11,13H,2,6,9-10H2,1H3,(H,16,17). The molecular formula is C14H19NO2. The predicted molar refractivity (Wildman–Crippen MR) is 66.8 cm³/mol. The Morgan fingerprint density at radius 3 is 2.59 bits per heavy atom. The summed E-state index contributed by atoms with van der Waals surface area (Å²) in [5.74, 6) is -0.0586.